The van der Waals surface area contributed by atoms with Gasteiger partial charge < -0.3 is 15.0 Å². The van der Waals surface area contributed by atoms with Gasteiger partial charge in [0.05, 0.1) is 18.6 Å². The third-order valence-corrected chi connectivity index (χ3v) is 7.50. The molecule has 37 heavy (non-hydrogen) atoms. The van der Waals surface area contributed by atoms with Gasteiger partial charge in [-0.3, -0.25) is 13.9 Å². The molecule has 0 spiro atoms. The van der Waals surface area contributed by atoms with Crippen LogP contribution in [0.15, 0.2) is 53.0 Å². The second kappa shape index (κ2) is 15.0. The number of hydrogen-bond acceptors (Lipinski definition) is 5. The van der Waals surface area contributed by atoms with Gasteiger partial charge in [-0.2, -0.15) is 0 Å². The average Bonchev–Trinajstić information content (AvgIpc) is 2.85. The molecule has 0 heterocycles. The molecule has 2 rings (SSSR count). The van der Waals surface area contributed by atoms with Crippen molar-refractivity contribution in [3.63, 3.8) is 0 Å². The van der Waals surface area contributed by atoms with Crippen LogP contribution in [-0.2, 0) is 26.2 Å². The van der Waals surface area contributed by atoms with E-state index in [4.69, 9.17) is 4.74 Å². The summed E-state index contributed by atoms with van der Waals surface area (Å²) in [5.74, 6) is 0.0419. The van der Waals surface area contributed by atoms with Gasteiger partial charge in [-0.1, -0.05) is 53.5 Å². The highest BCUT2D eigenvalue weighted by Crippen LogP contribution is 2.30. The molecule has 0 aliphatic carbocycles. The molecule has 0 saturated carbocycles. The monoisotopic (exact) mass is 595 g/mol. The smallest absolute Gasteiger partial charge is 0.242 e. The number of ether oxygens (including phenoxy) is 1. The summed E-state index contributed by atoms with van der Waals surface area (Å²) in [6.45, 7) is 6.93. The first-order valence-electron chi connectivity index (χ1n) is 12.6. The van der Waals surface area contributed by atoms with E-state index < -0.39 is 16.1 Å². The lowest BCUT2D eigenvalue weighted by atomic mass is 10.1. The Morgan fingerprint density at radius 1 is 1.08 bits per heavy atom. The van der Waals surface area contributed by atoms with E-state index in [1.54, 1.807) is 36.1 Å². The van der Waals surface area contributed by atoms with E-state index >= 15 is 0 Å². The number of carbonyl (C=O) groups is 2. The number of nitrogens with one attached hydrogen (secondary N) is 1. The molecule has 204 valence electrons. The molecule has 2 aromatic rings. The largest absolute Gasteiger partial charge is 0.492 e. The lowest BCUT2D eigenvalue weighted by Crippen LogP contribution is -2.48. The fourth-order valence-corrected chi connectivity index (χ4v) is 5.29. The normalized spacial score (nSPS) is 12.0. The molecular weight excluding hydrogens is 558 g/mol. The first-order valence-corrected chi connectivity index (χ1v) is 15.2. The first kappa shape index (κ1) is 30.6. The number of nitrogens with zero attached hydrogens (tertiary/aromatic N) is 2. The number of rotatable bonds is 15. The highest BCUT2D eigenvalue weighted by atomic mass is 79.9. The van der Waals surface area contributed by atoms with Gasteiger partial charge in [0, 0.05) is 30.5 Å². The Morgan fingerprint density at radius 3 is 2.46 bits per heavy atom. The number of sulfonamides is 1. The number of unbranched alkanes of at least 4 members (excludes halogenated alkanes) is 1. The maximum absolute atomic E-state index is 13.4. The summed E-state index contributed by atoms with van der Waals surface area (Å²) in [6.07, 6.45) is 3.33. The zero-order valence-electron chi connectivity index (χ0n) is 22.1. The number of amides is 2. The fraction of sp³-hybridized carbons (Fsp3) is 0.481. The van der Waals surface area contributed by atoms with Crippen molar-refractivity contribution in [3.05, 3.63) is 58.6 Å². The molecule has 1 N–H and O–H groups in total. The van der Waals surface area contributed by atoms with E-state index in [1.807, 2.05) is 38.1 Å². The van der Waals surface area contributed by atoms with E-state index in [0.29, 0.717) is 24.6 Å². The number of hydrogen-bond donors (Lipinski definition) is 1. The van der Waals surface area contributed by atoms with Gasteiger partial charge in [-0.25, -0.2) is 8.42 Å². The van der Waals surface area contributed by atoms with Crippen molar-refractivity contribution >= 4 is 43.5 Å². The second-order valence-electron chi connectivity index (χ2n) is 8.81. The predicted octanol–water partition coefficient (Wildman–Crippen LogP) is 4.73. The zero-order valence-corrected chi connectivity index (χ0v) is 24.5. The quantitative estimate of drug-likeness (QED) is 0.300. The highest BCUT2D eigenvalue weighted by Gasteiger charge is 2.27. The van der Waals surface area contributed by atoms with Crippen molar-refractivity contribution in [1.29, 1.82) is 0 Å². The molecule has 1 atom stereocenters. The van der Waals surface area contributed by atoms with E-state index in [2.05, 4.69) is 21.2 Å². The Morgan fingerprint density at radius 2 is 1.81 bits per heavy atom. The van der Waals surface area contributed by atoms with Crippen molar-refractivity contribution < 1.29 is 22.7 Å². The Kier molecular flexibility index (Phi) is 12.4. The van der Waals surface area contributed by atoms with Crippen LogP contribution in [0.2, 0.25) is 0 Å². The Balaban J connectivity index is 2.18. The van der Waals surface area contributed by atoms with Crippen LogP contribution < -0.4 is 14.4 Å². The van der Waals surface area contributed by atoms with Crippen molar-refractivity contribution in [2.24, 2.45) is 0 Å². The van der Waals surface area contributed by atoms with Gasteiger partial charge in [0.15, 0.2) is 0 Å². The van der Waals surface area contributed by atoms with E-state index in [1.165, 1.54) is 4.31 Å². The summed E-state index contributed by atoms with van der Waals surface area (Å²) in [5.41, 5.74) is 1.33. The molecule has 0 aliphatic heterocycles. The summed E-state index contributed by atoms with van der Waals surface area (Å²) in [6, 6.07) is 13.9. The molecule has 10 heteroatoms. The summed E-state index contributed by atoms with van der Waals surface area (Å²) in [4.78, 5) is 27.7. The van der Waals surface area contributed by atoms with Gasteiger partial charge in [-0.05, 0) is 56.5 Å². The van der Waals surface area contributed by atoms with Gasteiger partial charge in [0.1, 0.15) is 11.8 Å². The molecule has 0 aliphatic rings. The topological polar surface area (TPSA) is 96.0 Å². The first-order chi connectivity index (χ1) is 17.6. The van der Waals surface area contributed by atoms with Gasteiger partial charge in [-0.15, -0.1) is 0 Å². The predicted molar refractivity (Wildman–Crippen MR) is 151 cm³/mol. The third kappa shape index (κ3) is 9.66. The number of carbonyl (C=O) groups excluding carboxylic acids is 2. The minimum absolute atomic E-state index is 0.0867. The van der Waals surface area contributed by atoms with Crippen molar-refractivity contribution in [2.75, 3.05) is 30.3 Å². The summed E-state index contributed by atoms with van der Waals surface area (Å²) < 4.78 is 33.0. The van der Waals surface area contributed by atoms with Gasteiger partial charge in [0.2, 0.25) is 21.8 Å². The highest BCUT2D eigenvalue weighted by molar-refractivity contribution is 9.10. The molecule has 0 aromatic heterocycles. The van der Waals surface area contributed by atoms with Crippen LogP contribution >= 0.6 is 15.9 Å². The lowest BCUT2D eigenvalue weighted by Gasteiger charge is -2.29. The van der Waals surface area contributed by atoms with E-state index in [0.717, 1.165) is 29.1 Å². The van der Waals surface area contributed by atoms with Gasteiger partial charge in [0.25, 0.3) is 0 Å². The Labute approximate surface area is 229 Å². The Hall–Kier alpha value is -2.59. The molecule has 2 amide bonds. The van der Waals surface area contributed by atoms with Gasteiger partial charge >= 0.3 is 0 Å². The van der Waals surface area contributed by atoms with Crippen LogP contribution in [0.3, 0.4) is 0 Å². The van der Waals surface area contributed by atoms with Crippen LogP contribution in [0.5, 0.6) is 5.75 Å². The summed E-state index contributed by atoms with van der Waals surface area (Å²) >= 11 is 3.46. The molecule has 0 fully saturated rings. The average molecular weight is 597 g/mol. The molecular formula is C27H38BrN3O5S. The van der Waals surface area contributed by atoms with Crippen LogP contribution in [0.4, 0.5) is 5.69 Å². The third-order valence-electron chi connectivity index (χ3n) is 5.82. The lowest BCUT2D eigenvalue weighted by molar-refractivity contribution is -0.140. The molecule has 0 unspecified atom stereocenters. The van der Waals surface area contributed by atoms with Crippen LogP contribution in [-0.4, -0.2) is 57.1 Å². The maximum Gasteiger partial charge on any atom is 0.242 e. The summed E-state index contributed by atoms with van der Waals surface area (Å²) in [5, 5.41) is 2.91. The fourth-order valence-electron chi connectivity index (χ4n) is 3.87. The number of anilines is 1. The van der Waals surface area contributed by atoms with Crippen LogP contribution in [0, 0.1) is 0 Å². The molecule has 0 bridgehead atoms. The van der Waals surface area contributed by atoms with E-state index in [-0.39, 0.29) is 37.7 Å². The van der Waals surface area contributed by atoms with Crippen molar-refractivity contribution in [2.45, 2.75) is 59.0 Å². The SMILES string of the molecule is CCCCNC(=O)[C@H](C)N(Cc1cccc(Br)c1)C(=O)CCCN(c1ccccc1OCC)S(C)(=O)=O. The van der Waals surface area contributed by atoms with Crippen LogP contribution in [0.25, 0.3) is 0 Å². The number of benzene rings is 2. The number of halogens is 1. The minimum Gasteiger partial charge on any atom is -0.492 e. The molecule has 0 saturated heterocycles. The number of para-hydroxylation sites is 2. The Bertz CT molecular complexity index is 1140. The molecule has 0 radical (unpaired) electrons. The second-order valence-corrected chi connectivity index (χ2v) is 11.6. The maximum atomic E-state index is 13.4. The van der Waals surface area contributed by atoms with Crippen molar-refractivity contribution in [1.82, 2.24) is 10.2 Å². The van der Waals surface area contributed by atoms with Crippen LogP contribution in [0.1, 0.15) is 52.0 Å². The molecule has 2 aromatic carbocycles. The molecule has 8 nitrogen and oxygen atoms in total. The summed E-state index contributed by atoms with van der Waals surface area (Å²) in [7, 11) is -3.61. The van der Waals surface area contributed by atoms with E-state index in [9.17, 15) is 18.0 Å². The van der Waals surface area contributed by atoms with Crippen molar-refractivity contribution in [3.8, 4) is 5.75 Å². The standard InChI is InChI=1S/C27H38BrN3O5S/c1-5-7-17-29-27(33)21(3)30(20-22-12-10-13-23(28)19-22)26(32)16-11-18-31(37(4,34)35)24-14-8-9-15-25(24)36-6-2/h8-10,12-15,19,21H,5-7,11,16-18,20H2,1-4H3,(H,29,33)/t21-/m0/s1. The zero-order chi connectivity index (χ0) is 27.4. The minimum atomic E-state index is -3.61.